The number of nitriles is 1. The molecule has 0 fully saturated rings. The summed E-state index contributed by atoms with van der Waals surface area (Å²) < 4.78 is 4.49. The predicted octanol–water partition coefficient (Wildman–Crippen LogP) is 1.45. The van der Waals surface area contributed by atoms with Crippen molar-refractivity contribution in [3.63, 3.8) is 0 Å². The first kappa shape index (κ1) is 11.3. The Labute approximate surface area is 91.9 Å². The molecule has 0 unspecified atom stereocenters. The topological polar surface area (TPSA) is 67.2 Å². The van der Waals surface area contributed by atoms with Crippen molar-refractivity contribution in [2.24, 2.45) is 0 Å². The number of carbonyl (C=O) groups excluding carboxylic acids is 2. The van der Waals surface area contributed by atoms with Gasteiger partial charge in [-0.1, -0.05) is 0 Å². The van der Waals surface area contributed by atoms with Gasteiger partial charge in [0.05, 0.1) is 18.2 Å². The molecule has 0 bridgehead atoms. The van der Waals surface area contributed by atoms with Crippen LogP contribution in [0.3, 0.4) is 0 Å². The molecule has 0 saturated carbocycles. The monoisotopic (exact) mass is 221 g/mol. The van der Waals surface area contributed by atoms with Crippen molar-refractivity contribution in [2.75, 3.05) is 7.11 Å². The number of thiol groups is 1. The van der Waals surface area contributed by atoms with Crippen LogP contribution in [0.25, 0.3) is 0 Å². The van der Waals surface area contributed by atoms with E-state index in [0.717, 1.165) is 0 Å². The molecule has 0 aliphatic heterocycles. The molecule has 0 aromatic heterocycles. The van der Waals surface area contributed by atoms with Gasteiger partial charge in [-0.2, -0.15) is 5.26 Å². The van der Waals surface area contributed by atoms with Gasteiger partial charge in [0.1, 0.15) is 6.07 Å². The molecule has 1 rings (SSSR count). The van der Waals surface area contributed by atoms with Crippen LogP contribution in [0.1, 0.15) is 26.3 Å². The van der Waals surface area contributed by atoms with Crippen LogP contribution >= 0.6 is 12.6 Å². The minimum Gasteiger partial charge on any atom is -0.465 e. The number of carbonyl (C=O) groups is 2. The van der Waals surface area contributed by atoms with Gasteiger partial charge in [-0.05, 0) is 12.1 Å². The van der Waals surface area contributed by atoms with E-state index in [1.165, 1.54) is 19.2 Å². The first-order valence-corrected chi connectivity index (χ1v) is 4.40. The van der Waals surface area contributed by atoms with Gasteiger partial charge in [-0.3, -0.25) is 4.79 Å². The Morgan fingerprint density at radius 1 is 1.60 bits per heavy atom. The maximum atomic E-state index is 11.4. The van der Waals surface area contributed by atoms with Crippen molar-refractivity contribution in [2.45, 2.75) is 4.90 Å². The second kappa shape index (κ2) is 4.62. The van der Waals surface area contributed by atoms with E-state index < -0.39 is 5.97 Å². The molecule has 0 spiro atoms. The number of ether oxygens (including phenoxy) is 1. The summed E-state index contributed by atoms with van der Waals surface area (Å²) in [4.78, 5) is 22.4. The number of nitrogens with zero attached hydrogens (tertiary/aromatic N) is 1. The van der Waals surface area contributed by atoms with Crippen molar-refractivity contribution in [3.8, 4) is 6.07 Å². The molecule has 5 heteroatoms. The van der Waals surface area contributed by atoms with E-state index in [9.17, 15) is 9.59 Å². The molecular formula is C10H7NO3S. The molecule has 1 aromatic rings. The summed E-state index contributed by atoms with van der Waals surface area (Å²) in [7, 11) is 1.18. The summed E-state index contributed by atoms with van der Waals surface area (Å²) in [6.45, 7) is 0. The van der Waals surface area contributed by atoms with Gasteiger partial charge in [0.15, 0.2) is 6.29 Å². The highest BCUT2D eigenvalue weighted by molar-refractivity contribution is 7.80. The van der Waals surface area contributed by atoms with Gasteiger partial charge < -0.3 is 4.74 Å². The van der Waals surface area contributed by atoms with Crippen LogP contribution in [0.15, 0.2) is 17.0 Å². The van der Waals surface area contributed by atoms with Gasteiger partial charge in [0.25, 0.3) is 0 Å². The molecule has 1 aromatic carbocycles. The van der Waals surface area contributed by atoms with Crippen LogP contribution in [-0.4, -0.2) is 19.4 Å². The van der Waals surface area contributed by atoms with Gasteiger partial charge in [0, 0.05) is 10.5 Å². The zero-order valence-electron chi connectivity index (χ0n) is 7.85. The Kier molecular flexibility index (Phi) is 3.47. The predicted molar refractivity (Wildman–Crippen MR) is 55.1 cm³/mol. The molecule has 15 heavy (non-hydrogen) atoms. The molecule has 0 heterocycles. The number of rotatable bonds is 2. The SMILES string of the molecule is COC(=O)c1c(C=O)ccc(S)c1C#N. The third kappa shape index (κ3) is 2.00. The number of esters is 1. The zero-order valence-corrected chi connectivity index (χ0v) is 8.75. The molecule has 0 N–H and O–H groups in total. The maximum Gasteiger partial charge on any atom is 0.339 e. The summed E-state index contributed by atoms with van der Waals surface area (Å²) in [6.07, 6.45) is 0.500. The average molecular weight is 221 g/mol. The molecule has 0 radical (unpaired) electrons. The summed E-state index contributed by atoms with van der Waals surface area (Å²) in [5.74, 6) is -0.718. The van der Waals surface area contributed by atoms with Gasteiger partial charge >= 0.3 is 5.97 Å². The van der Waals surface area contributed by atoms with Crippen LogP contribution in [0.2, 0.25) is 0 Å². The molecule has 0 aliphatic rings. The summed E-state index contributed by atoms with van der Waals surface area (Å²) in [5.41, 5.74) is 0.133. The molecule has 0 saturated heterocycles. The molecular weight excluding hydrogens is 214 g/mol. The summed E-state index contributed by atoms with van der Waals surface area (Å²) in [5, 5.41) is 8.84. The standard InChI is InChI=1S/C10H7NO3S/c1-14-10(13)9-6(5-12)2-3-8(15)7(9)4-11/h2-3,5,15H,1H3. The molecule has 0 amide bonds. The maximum absolute atomic E-state index is 11.4. The van der Waals surface area contributed by atoms with Gasteiger partial charge in [-0.25, -0.2) is 4.79 Å². The Morgan fingerprint density at radius 3 is 2.73 bits per heavy atom. The summed E-state index contributed by atoms with van der Waals surface area (Å²) >= 11 is 4.02. The minimum atomic E-state index is -0.718. The quantitative estimate of drug-likeness (QED) is 0.466. The fraction of sp³-hybridized carbons (Fsp3) is 0.100. The number of aldehydes is 1. The third-order valence-corrected chi connectivity index (χ3v) is 2.22. The van der Waals surface area contributed by atoms with E-state index in [1.54, 1.807) is 0 Å². The highest BCUT2D eigenvalue weighted by Crippen LogP contribution is 2.21. The average Bonchev–Trinajstić information content (AvgIpc) is 2.27. The smallest absolute Gasteiger partial charge is 0.339 e. The molecule has 0 atom stereocenters. The van der Waals surface area contributed by atoms with E-state index in [2.05, 4.69) is 17.4 Å². The van der Waals surface area contributed by atoms with Crippen molar-refractivity contribution in [3.05, 3.63) is 28.8 Å². The van der Waals surface area contributed by atoms with E-state index >= 15 is 0 Å². The molecule has 4 nitrogen and oxygen atoms in total. The second-order valence-electron chi connectivity index (χ2n) is 2.65. The lowest BCUT2D eigenvalue weighted by Gasteiger charge is -2.06. The Hall–Kier alpha value is -1.80. The number of benzene rings is 1. The summed E-state index contributed by atoms with van der Waals surface area (Å²) in [6, 6.07) is 4.72. The van der Waals surface area contributed by atoms with Crippen molar-refractivity contribution in [1.29, 1.82) is 5.26 Å². The second-order valence-corrected chi connectivity index (χ2v) is 3.13. The van der Waals surface area contributed by atoms with E-state index in [0.29, 0.717) is 11.2 Å². The lowest BCUT2D eigenvalue weighted by Crippen LogP contribution is -2.08. The lowest BCUT2D eigenvalue weighted by atomic mass is 10.0. The molecule has 0 aliphatic carbocycles. The zero-order chi connectivity index (χ0) is 11.4. The van der Waals surface area contributed by atoms with Crippen LogP contribution in [0.4, 0.5) is 0 Å². The fourth-order valence-electron chi connectivity index (χ4n) is 1.14. The first-order valence-electron chi connectivity index (χ1n) is 3.95. The third-order valence-electron chi connectivity index (χ3n) is 1.84. The Balaban J connectivity index is 3.56. The van der Waals surface area contributed by atoms with Crippen molar-refractivity contribution < 1.29 is 14.3 Å². The van der Waals surface area contributed by atoms with Crippen LogP contribution in [0.5, 0.6) is 0 Å². The fourth-order valence-corrected chi connectivity index (χ4v) is 1.38. The van der Waals surface area contributed by atoms with Crippen LogP contribution < -0.4 is 0 Å². The number of hydrogen-bond donors (Lipinski definition) is 1. The van der Waals surface area contributed by atoms with E-state index in [1.807, 2.05) is 6.07 Å². The Bertz CT molecular complexity index is 462. The van der Waals surface area contributed by atoms with Gasteiger partial charge in [0.2, 0.25) is 0 Å². The van der Waals surface area contributed by atoms with Crippen molar-refractivity contribution >= 4 is 24.9 Å². The minimum absolute atomic E-state index is 0.0394. The highest BCUT2D eigenvalue weighted by Gasteiger charge is 2.18. The van der Waals surface area contributed by atoms with Gasteiger partial charge in [-0.15, -0.1) is 12.6 Å². The number of methoxy groups -OCH3 is 1. The van der Waals surface area contributed by atoms with Crippen LogP contribution in [0, 0.1) is 11.3 Å². The molecule has 76 valence electrons. The first-order chi connectivity index (χ1) is 7.15. The Morgan fingerprint density at radius 2 is 2.27 bits per heavy atom. The van der Waals surface area contributed by atoms with E-state index in [4.69, 9.17) is 5.26 Å². The lowest BCUT2D eigenvalue weighted by molar-refractivity contribution is 0.0597. The van der Waals surface area contributed by atoms with Crippen LogP contribution in [-0.2, 0) is 4.74 Å². The highest BCUT2D eigenvalue weighted by atomic mass is 32.1. The normalized spacial score (nSPS) is 9.13. The van der Waals surface area contributed by atoms with E-state index in [-0.39, 0.29) is 16.7 Å². The largest absolute Gasteiger partial charge is 0.465 e. The van der Waals surface area contributed by atoms with Crippen molar-refractivity contribution in [1.82, 2.24) is 0 Å². The number of hydrogen-bond acceptors (Lipinski definition) is 5.